The molecule has 1 unspecified atom stereocenters. The Balaban J connectivity index is 1.64. The maximum atomic E-state index is 12.2. The number of ether oxygens (including phenoxy) is 1. The van der Waals surface area contributed by atoms with Crippen molar-refractivity contribution in [1.82, 2.24) is 10.3 Å². The van der Waals surface area contributed by atoms with Gasteiger partial charge in [-0.25, -0.2) is 4.98 Å². The first-order valence-corrected chi connectivity index (χ1v) is 8.87. The van der Waals surface area contributed by atoms with Gasteiger partial charge in [0.05, 0.1) is 18.3 Å². The summed E-state index contributed by atoms with van der Waals surface area (Å²) >= 11 is 1.45. The number of carbonyl (C=O) groups excluding carboxylic acids is 1. The van der Waals surface area contributed by atoms with Crippen molar-refractivity contribution in [2.24, 2.45) is 0 Å². The molecule has 122 valence electrons. The van der Waals surface area contributed by atoms with Gasteiger partial charge < -0.3 is 15.4 Å². The Morgan fingerprint density at radius 2 is 2.22 bits per heavy atom. The van der Waals surface area contributed by atoms with Crippen LogP contribution in [0.1, 0.15) is 26.2 Å². The molecule has 2 N–H and O–H groups in total. The zero-order chi connectivity index (χ0) is 16.1. The van der Waals surface area contributed by atoms with Crippen molar-refractivity contribution in [3.63, 3.8) is 0 Å². The first kappa shape index (κ1) is 16.0. The number of anilines is 1. The summed E-state index contributed by atoms with van der Waals surface area (Å²) < 4.78 is 5.44. The first-order valence-electron chi connectivity index (χ1n) is 7.99. The molecule has 23 heavy (non-hydrogen) atoms. The van der Waals surface area contributed by atoms with E-state index >= 15 is 0 Å². The molecule has 0 aliphatic carbocycles. The highest BCUT2D eigenvalue weighted by Gasteiger charge is 2.21. The van der Waals surface area contributed by atoms with Gasteiger partial charge in [0.1, 0.15) is 5.75 Å². The average Bonchev–Trinajstić information content (AvgIpc) is 3.05. The van der Waals surface area contributed by atoms with E-state index in [0.29, 0.717) is 11.7 Å². The van der Waals surface area contributed by atoms with Gasteiger partial charge in [0.2, 0.25) is 5.91 Å². The van der Waals surface area contributed by atoms with Crippen LogP contribution in [0.4, 0.5) is 5.13 Å². The number of amides is 1. The van der Waals surface area contributed by atoms with E-state index in [1.54, 1.807) is 0 Å². The molecule has 0 bridgehead atoms. The van der Waals surface area contributed by atoms with Crippen LogP contribution in [0.5, 0.6) is 5.75 Å². The number of piperidine rings is 1. The molecule has 1 aliphatic rings. The van der Waals surface area contributed by atoms with Crippen LogP contribution in [0.25, 0.3) is 11.3 Å². The topological polar surface area (TPSA) is 63.2 Å². The standard InChI is InChI=1S/C17H21N3O2S/c1-2-22-13-8-6-12(7-9-13)15-11-23-17(19-15)20-16(21)14-5-3-4-10-18-14/h6-9,11,14,18H,2-5,10H2,1H3,(H,19,20,21). The number of aromatic nitrogens is 1. The summed E-state index contributed by atoms with van der Waals surface area (Å²) in [6, 6.07) is 7.73. The predicted octanol–water partition coefficient (Wildman–Crippen LogP) is 3.29. The van der Waals surface area contributed by atoms with E-state index < -0.39 is 0 Å². The van der Waals surface area contributed by atoms with Gasteiger partial charge in [0.25, 0.3) is 0 Å². The van der Waals surface area contributed by atoms with Gasteiger partial charge in [-0.05, 0) is 50.6 Å². The highest BCUT2D eigenvalue weighted by atomic mass is 32.1. The van der Waals surface area contributed by atoms with Crippen LogP contribution < -0.4 is 15.4 Å². The SMILES string of the molecule is CCOc1ccc(-c2csc(NC(=O)C3CCCCN3)n2)cc1. The number of hydrogen-bond acceptors (Lipinski definition) is 5. The summed E-state index contributed by atoms with van der Waals surface area (Å²) in [5.41, 5.74) is 1.88. The zero-order valence-electron chi connectivity index (χ0n) is 13.2. The summed E-state index contributed by atoms with van der Waals surface area (Å²) in [6.07, 6.45) is 3.13. The molecule has 2 heterocycles. The van der Waals surface area contributed by atoms with Crippen LogP contribution in [0.15, 0.2) is 29.6 Å². The highest BCUT2D eigenvalue weighted by Crippen LogP contribution is 2.26. The Bertz CT molecular complexity index is 648. The Morgan fingerprint density at radius 1 is 1.39 bits per heavy atom. The van der Waals surface area contributed by atoms with E-state index in [0.717, 1.165) is 42.8 Å². The van der Waals surface area contributed by atoms with E-state index in [9.17, 15) is 4.79 Å². The van der Waals surface area contributed by atoms with E-state index in [1.165, 1.54) is 11.3 Å². The van der Waals surface area contributed by atoms with Crippen molar-refractivity contribution >= 4 is 22.4 Å². The molecule has 0 spiro atoms. The van der Waals surface area contributed by atoms with Crippen molar-refractivity contribution in [2.75, 3.05) is 18.5 Å². The lowest BCUT2D eigenvalue weighted by Gasteiger charge is -2.21. The van der Waals surface area contributed by atoms with E-state index in [4.69, 9.17) is 4.74 Å². The van der Waals surface area contributed by atoms with Crippen molar-refractivity contribution in [1.29, 1.82) is 0 Å². The van der Waals surface area contributed by atoms with Crippen LogP contribution in [-0.2, 0) is 4.79 Å². The second-order valence-corrected chi connectivity index (χ2v) is 6.35. The Morgan fingerprint density at radius 3 is 2.91 bits per heavy atom. The summed E-state index contributed by atoms with van der Waals surface area (Å²) in [5.74, 6) is 0.862. The summed E-state index contributed by atoms with van der Waals surface area (Å²) in [6.45, 7) is 3.53. The van der Waals surface area contributed by atoms with Crippen LogP contribution in [0.3, 0.4) is 0 Å². The fraction of sp³-hybridized carbons (Fsp3) is 0.412. The molecular weight excluding hydrogens is 310 g/mol. The average molecular weight is 331 g/mol. The van der Waals surface area contributed by atoms with Crippen LogP contribution in [0, 0.1) is 0 Å². The summed E-state index contributed by atoms with van der Waals surface area (Å²) in [7, 11) is 0. The lowest BCUT2D eigenvalue weighted by Crippen LogP contribution is -2.43. The third-order valence-corrected chi connectivity index (χ3v) is 4.58. The quantitative estimate of drug-likeness (QED) is 0.882. The minimum absolute atomic E-state index is 0.0114. The fourth-order valence-corrected chi connectivity index (χ4v) is 3.34. The third kappa shape index (κ3) is 4.09. The number of benzene rings is 1. The molecule has 1 aromatic carbocycles. The molecule has 1 aromatic heterocycles. The smallest absolute Gasteiger partial charge is 0.243 e. The van der Waals surface area contributed by atoms with Crippen molar-refractivity contribution in [3.8, 4) is 17.0 Å². The number of nitrogens with one attached hydrogen (secondary N) is 2. The fourth-order valence-electron chi connectivity index (χ4n) is 2.62. The normalized spacial score (nSPS) is 17.7. The molecule has 2 aromatic rings. The Hall–Kier alpha value is -1.92. The lowest BCUT2D eigenvalue weighted by atomic mass is 10.0. The molecule has 3 rings (SSSR count). The monoisotopic (exact) mass is 331 g/mol. The number of rotatable bonds is 5. The largest absolute Gasteiger partial charge is 0.494 e. The van der Waals surface area contributed by atoms with Gasteiger partial charge in [0.15, 0.2) is 5.13 Å². The number of nitrogens with zero attached hydrogens (tertiary/aromatic N) is 1. The molecule has 1 amide bonds. The molecule has 0 radical (unpaired) electrons. The number of carbonyl (C=O) groups is 1. The molecule has 1 atom stereocenters. The van der Waals surface area contributed by atoms with Crippen LogP contribution in [0.2, 0.25) is 0 Å². The second kappa shape index (κ2) is 7.57. The van der Waals surface area contributed by atoms with Gasteiger partial charge in [0, 0.05) is 10.9 Å². The van der Waals surface area contributed by atoms with Crippen LogP contribution >= 0.6 is 11.3 Å². The van der Waals surface area contributed by atoms with Gasteiger partial charge in [-0.1, -0.05) is 6.42 Å². The van der Waals surface area contributed by atoms with Gasteiger partial charge in [-0.15, -0.1) is 11.3 Å². The third-order valence-electron chi connectivity index (χ3n) is 3.82. The Labute approximate surface area is 140 Å². The van der Waals surface area contributed by atoms with Gasteiger partial charge >= 0.3 is 0 Å². The van der Waals surface area contributed by atoms with Gasteiger partial charge in [-0.2, -0.15) is 0 Å². The Kier molecular flexibility index (Phi) is 5.25. The van der Waals surface area contributed by atoms with Crippen molar-refractivity contribution in [3.05, 3.63) is 29.6 Å². The van der Waals surface area contributed by atoms with E-state index in [-0.39, 0.29) is 11.9 Å². The molecular formula is C17H21N3O2S. The summed E-state index contributed by atoms with van der Waals surface area (Å²) in [5, 5.41) is 8.76. The predicted molar refractivity (Wildman–Crippen MR) is 93.0 cm³/mol. The minimum Gasteiger partial charge on any atom is -0.494 e. The van der Waals surface area contributed by atoms with Crippen molar-refractivity contribution < 1.29 is 9.53 Å². The zero-order valence-corrected chi connectivity index (χ0v) is 14.0. The van der Waals surface area contributed by atoms with E-state index in [2.05, 4.69) is 15.6 Å². The van der Waals surface area contributed by atoms with Crippen LogP contribution in [-0.4, -0.2) is 30.1 Å². The molecule has 1 fully saturated rings. The highest BCUT2D eigenvalue weighted by molar-refractivity contribution is 7.14. The van der Waals surface area contributed by atoms with Gasteiger partial charge in [-0.3, -0.25) is 4.79 Å². The summed E-state index contributed by atoms with van der Waals surface area (Å²) in [4.78, 5) is 16.7. The number of thiazole rings is 1. The minimum atomic E-state index is -0.0958. The molecule has 5 nitrogen and oxygen atoms in total. The maximum Gasteiger partial charge on any atom is 0.243 e. The van der Waals surface area contributed by atoms with Crippen molar-refractivity contribution in [2.45, 2.75) is 32.2 Å². The maximum absolute atomic E-state index is 12.2. The molecule has 0 saturated carbocycles. The first-order chi connectivity index (χ1) is 11.3. The van der Waals surface area contributed by atoms with E-state index in [1.807, 2.05) is 36.6 Å². The second-order valence-electron chi connectivity index (χ2n) is 5.49. The number of hydrogen-bond donors (Lipinski definition) is 2. The molecule has 1 aliphatic heterocycles. The lowest BCUT2D eigenvalue weighted by molar-refractivity contribution is -0.118. The molecule has 6 heteroatoms. The molecule has 1 saturated heterocycles.